The number of nitrogens with zero attached hydrogens (tertiary/aromatic N) is 3. The smallest absolute Gasteiger partial charge is 0.341 e. The van der Waals surface area contributed by atoms with Crippen molar-refractivity contribution in [3.05, 3.63) is 46.3 Å². The largest absolute Gasteiger partial charge is 0.462 e. The molecule has 7 nitrogen and oxygen atoms in total. The molecule has 3 aromatic rings. The molecule has 146 valence electrons. The summed E-state index contributed by atoms with van der Waals surface area (Å²) in [4.78, 5) is 24.2. The zero-order valence-electron chi connectivity index (χ0n) is 15.1. The predicted octanol–water partition coefficient (Wildman–Crippen LogP) is 4.10. The average molecular weight is 437 g/mol. The number of nitrogens with one attached hydrogen (secondary N) is 1. The zero-order valence-corrected chi connectivity index (χ0v) is 17.5. The number of carbonyl (C=O) groups is 2. The first-order valence-corrected chi connectivity index (χ1v) is 10.6. The molecule has 1 amide bonds. The first-order chi connectivity index (χ1) is 13.5. The summed E-state index contributed by atoms with van der Waals surface area (Å²) in [6.45, 7) is 2.01. The van der Waals surface area contributed by atoms with Crippen LogP contribution in [-0.4, -0.2) is 39.0 Å². The van der Waals surface area contributed by atoms with Crippen LogP contribution >= 0.6 is 34.7 Å². The van der Waals surface area contributed by atoms with E-state index in [1.807, 2.05) is 23.7 Å². The van der Waals surface area contributed by atoms with Gasteiger partial charge in [-0.2, -0.15) is 0 Å². The third-order valence-corrected chi connectivity index (χ3v) is 5.79. The van der Waals surface area contributed by atoms with Gasteiger partial charge in [0.05, 0.1) is 17.9 Å². The van der Waals surface area contributed by atoms with Crippen molar-refractivity contribution in [1.29, 1.82) is 0 Å². The first kappa shape index (κ1) is 20.4. The van der Waals surface area contributed by atoms with E-state index in [1.165, 1.54) is 23.1 Å². The zero-order chi connectivity index (χ0) is 20.1. The SMILES string of the molecule is CCOC(=O)c1ccsc1NC(=O)CSc1nnc(-c2ccc(Cl)cc2)n1C. The number of aromatic nitrogens is 3. The quantitative estimate of drug-likeness (QED) is 0.443. The number of halogens is 1. The maximum atomic E-state index is 12.3. The van der Waals surface area contributed by atoms with E-state index in [4.69, 9.17) is 16.3 Å². The van der Waals surface area contributed by atoms with E-state index in [0.717, 1.165) is 5.56 Å². The molecule has 2 aromatic heterocycles. The first-order valence-electron chi connectivity index (χ1n) is 8.32. The lowest BCUT2D eigenvalue weighted by Crippen LogP contribution is -2.16. The van der Waals surface area contributed by atoms with E-state index >= 15 is 0 Å². The number of carbonyl (C=O) groups excluding carboxylic acids is 2. The maximum absolute atomic E-state index is 12.3. The molecule has 0 atom stereocenters. The molecule has 0 unspecified atom stereocenters. The number of ether oxygens (including phenoxy) is 1. The standard InChI is InChI=1S/C18H17ClN4O3S2/c1-3-26-17(25)13-8-9-27-16(13)20-14(24)10-28-18-22-21-15(23(18)2)11-4-6-12(19)7-5-11/h4-9H,3,10H2,1-2H3,(H,20,24). The summed E-state index contributed by atoms with van der Waals surface area (Å²) in [6, 6.07) is 8.93. The van der Waals surface area contributed by atoms with Crippen LogP contribution in [0.3, 0.4) is 0 Å². The second-order valence-electron chi connectivity index (χ2n) is 5.59. The molecule has 28 heavy (non-hydrogen) atoms. The number of anilines is 1. The van der Waals surface area contributed by atoms with Crippen LogP contribution in [0.5, 0.6) is 0 Å². The number of hydrogen-bond donors (Lipinski definition) is 1. The van der Waals surface area contributed by atoms with Gasteiger partial charge in [-0.3, -0.25) is 4.79 Å². The number of benzene rings is 1. The Balaban J connectivity index is 1.62. The van der Waals surface area contributed by atoms with E-state index in [0.29, 0.717) is 26.6 Å². The van der Waals surface area contributed by atoms with Crippen LogP contribution in [0.15, 0.2) is 40.9 Å². The molecular formula is C18H17ClN4O3S2. The molecule has 3 rings (SSSR count). The van der Waals surface area contributed by atoms with Gasteiger partial charge in [0.25, 0.3) is 0 Å². The summed E-state index contributed by atoms with van der Waals surface area (Å²) in [5.74, 6) is 0.122. The molecule has 0 saturated heterocycles. The summed E-state index contributed by atoms with van der Waals surface area (Å²) in [5.41, 5.74) is 1.24. The number of hydrogen-bond acceptors (Lipinski definition) is 7. The summed E-state index contributed by atoms with van der Waals surface area (Å²) < 4.78 is 6.80. The highest BCUT2D eigenvalue weighted by Gasteiger charge is 2.17. The average Bonchev–Trinajstić information content (AvgIpc) is 3.28. The molecule has 0 fully saturated rings. The normalized spacial score (nSPS) is 10.7. The van der Waals surface area contributed by atoms with Crippen molar-refractivity contribution in [2.24, 2.45) is 7.05 Å². The van der Waals surface area contributed by atoms with Gasteiger partial charge in [-0.15, -0.1) is 21.5 Å². The Morgan fingerprint density at radius 2 is 2.00 bits per heavy atom. The number of rotatable bonds is 7. The molecule has 2 heterocycles. The van der Waals surface area contributed by atoms with Gasteiger partial charge in [0.1, 0.15) is 5.00 Å². The van der Waals surface area contributed by atoms with Crippen molar-refractivity contribution in [2.45, 2.75) is 12.1 Å². The van der Waals surface area contributed by atoms with Crippen molar-refractivity contribution < 1.29 is 14.3 Å². The summed E-state index contributed by atoms with van der Waals surface area (Å²) in [6.07, 6.45) is 0. The van der Waals surface area contributed by atoms with Gasteiger partial charge in [-0.25, -0.2) is 4.79 Å². The second kappa shape index (κ2) is 9.22. The molecular weight excluding hydrogens is 420 g/mol. The Morgan fingerprint density at radius 3 is 2.71 bits per heavy atom. The fourth-order valence-electron chi connectivity index (χ4n) is 2.36. The molecule has 0 spiro atoms. The molecule has 0 aliphatic heterocycles. The van der Waals surface area contributed by atoms with Gasteiger partial charge < -0.3 is 14.6 Å². The topological polar surface area (TPSA) is 86.1 Å². The van der Waals surface area contributed by atoms with E-state index < -0.39 is 5.97 Å². The Morgan fingerprint density at radius 1 is 1.25 bits per heavy atom. The summed E-state index contributed by atoms with van der Waals surface area (Å²) in [7, 11) is 1.84. The Labute approximate surface area is 175 Å². The van der Waals surface area contributed by atoms with Crippen molar-refractivity contribution in [1.82, 2.24) is 14.8 Å². The van der Waals surface area contributed by atoms with Crippen molar-refractivity contribution in [3.8, 4) is 11.4 Å². The van der Waals surface area contributed by atoms with E-state index in [1.54, 1.807) is 30.5 Å². The minimum Gasteiger partial charge on any atom is -0.462 e. The third-order valence-electron chi connectivity index (χ3n) is 3.68. The van der Waals surface area contributed by atoms with Gasteiger partial charge >= 0.3 is 5.97 Å². The number of thioether (sulfide) groups is 1. The van der Waals surface area contributed by atoms with Crippen molar-refractivity contribution in [3.63, 3.8) is 0 Å². The highest BCUT2D eigenvalue weighted by Crippen LogP contribution is 2.26. The van der Waals surface area contributed by atoms with E-state index in [-0.39, 0.29) is 18.3 Å². The van der Waals surface area contributed by atoms with Crippen LogP contribution in [0.1, 0.15) is 17.3 Å². The lowest BCUT2D eigenvalue weighted by atomic mass is 10.2. The Hall–Kier alpha value is -2.36. The summed E-state index contributed by atoms with van der Waals surface area (Å²) >= 11 is 8.45. The second-order valence-corrected chi connectivity index (χ2v) is 7.89. The third kappa shape index (κ3) is 4.73. The van der Waals surface area contributed by atoms with Gasteiger partial charge in [-0.05, 0) is 42.6 Å². The fourth-order valence-corrected chi connectivity index (χ4v) is 3.99. The minimum atomic E-state index is -0.451. The Bertz CT molecular complexity index is 985. The van der Waals surface area contributed by atoms with Crippen molar-refractivity contribution >= 4 is 51.6 Å². The molecule has 0 aliphatic carbocycles. The number of amides is 1. The highest BCUT2D eigenvalue weighted by molar-refractivity contribution is 7.99. The van der Waals surface area contributed by atoms with Gasteiger partial charge in [-0.1, -0.05) is 23.4 Å². The lowest BCUT2D eigenvalue weighted by molar-refractivity contribution is -0.113. The molecule has 0 aliphatic rings. The molecule has 0 saturated carbocycles. The summed E-state index contributed by atoms with van der Waals surface area (Å²) in [5, 5.41) is 14.5. The van der Waals surface area contributed by atoms with Crippen LogP contribution in [0.2, 0.25) is 5.02 Å². The van der Waals surface area contributed by atoms with Crippen LogP contribution in [0.4, 0.5) is 5.00 Å². The Kier molecular flexibility index (Phi) is 6.71. The van der Waals surface area contributed by atoms with E-state index in [2.05, 4.69) is 15.5 Å². The highest BCUT2D eigenvalue weighted by atomic mass is 35.5. The molecule has 0 bridgehead atoms. The molecule has 10 heteroatoms. The minimum absolute atomic E-state index is 0.132. The fraction of sp³-hybridized carbons (Fsp3) is 0.222. The lowest BCUT2D eigenvalue weighted by Gasteiger charge is -2.06. The number of thiophene rings is 1. The maximum Gasteiger partial charge on any atom is 0.341 e. The van der Waals surface area contributed by atoms with Crippen LogP contribution in [0.25, 0.3) is 11.4 Å². The molecule has 0 radical (unpaired) electrons. The van der Waals surface area contributed by atoms with Gasteiger partial charge in [0, 0.05) is 17.6 Å². The number of esters is 1. The van der Waals surface area contributed by atoms with Crippen LogP contribution in [-0.2, 0) is 16.6 Å². The van der Waals surface area contributed by atoms with Crippen LogP contribution in [0, 0.1) is 0 Å². The molecule has 1 N–H and O–H groups in total. The monoisotopic (exact) mass is 436 g/mol. The van der Waals surface area contributed by atoms with Crippen molar-refractivity contribution in [2.75, 3.05) is 17.7 Å². The molecule has 1 aromatic carbocycles. The van der Waals surface area contributed by atoms with E-state index in [9.17, 15) is 9.59 Å². The predicted molar refractivity (Wildman–Crippen MR) is 111 cm³/mol. The van der Waals surface area contributed by atoms with Gasteiger partial charge in [0.15, 0.2) is 11.0 Å². The van der Waals surface area contributed by atoms with Gasteiger partial charge in [0.2, 0.25) is 5.91 Å². The van der Waals surface area contributed by atoms with Crippen LogP contribution < -0.4 is 5.32 Å².